The van der Waals surface area contributed by atoms with Crippen molar-refractivity contribution in [3.05, 3.63) is 29.8 Å². The van der Waals surface area contributed by atoms with Gasteiger partial charge in [-0.05, 0) is 49.8 Å². The highest BCUT2D eigenvalue weighted by molar-refractivity contribution is 14.0. The summed E-state index contributed by atoms with van der Waals surface area (Å²) in [4.78, 5) is 16.3. The molecule has 146 valence electrons. The Labute approximate surface area is 177 Å². The molecule has 0 heterocycles. The van der Waals surface area contributed by atoms with E-state index in [-0.39, 0.29) is 29.9 Å². The summed E-state index contributed by atoms with van der Waals surface area (Å²) in [6.07, 6.45) is 5.79. The molecule has 1 fully saturated rings. The van der Waals surface area contributed by atoms with Gasteiger partial charge in [0.15, 0.2) is 5.96 Å². The van der Waals surface area contributed by atoms with E-state index in [1.807, 2.05) is 11.8 Å². The Kier molecular flexibility index (Phi) is 10.8. The number of aliphatic imine (C=N–C) groups is 1. The zero-order chi connectivity index (χ0) is 18.1. The minimum atomic E-state index is -0.0917. The van der Waals surface area contributed by atoms with Crippen molar-refractivity contribution in [1.29, 1.82) is 0 Å². The predicted octanol–water partition coefficient (Wildman–Crippen LogP) is 2.49. The van der Waals surface area contributed by atoms with Crippen LogP contribution in [0, 0.1) is 0 Å². The first-order valence-corrected chi connectivity index (χ1v) is 9.87. The van der Waals surface area contributed by atoms with Gasteiger partial charge in [-0.15, -0.1) is 24.0 Å². The number of nitrogens with zero attached hydrogens (tertiary/aromatic N) is 1. The molecule has 26 heavy (non-hydrogen) atoms. The van der Waals surface area contributed by atoms with Crippen LogP contribution in [0.3, 0.4) is 0 Å². The molecule has 2 unspecified atom stereocenters. The van der Waals surface area contributed by atoms with Crippen molar-refractivity contribution in [3.63, 3.8) is 0 Å². The van der Waals surface area contributed by atoms with Gasteiger partial charge in [0.05, 0.1) is 7.11 Å². The average Bonchev–Trinajstić information content (AvgIpc) is 3.11. The van der Waals surface area contributed by atoms with Gasteiger partial charge in [0.25, 0.3) is 5.91 Å². The van der Waals surface area contributed by atoms with E-state index < -0.39 is 0 Å². The first-order valence-electron chi connectivity index (χ1n) is 8.58. The topological polar surface area (TPSA) is 74.8 Å². The van der Waals surface area contributed by atoms with E-state index in [0.717, 1.165) is 17.0 Å². The smallest absolute Gasteiger partial charge is 0.251 e. The summed E-state index contributed by atoms with van der Waals surface area (Å²) in [5.41, 5.74) is 0.623. The zero-order valence-electron chi connectivity index (χ0n) is 15.6. The largest absolute Gasteiger partial charge is 0.497 e. The molecule has 1 aromatic rings. The molecule has 1 aliphatic rings. The van der Waals surface area contributed by atoms with E-state index in [1.165, 1.54) is 19.3 Å². The van der Waals surface area contributed by atoms with Crippen molar-refractivity contribution in [3.8, 4) is 5.75 Å². The summed E-state index contributed by atoms with van der Waals surface area (Å²) < 4.78 is 5.09. The number of carbonyl (C=O) groups excluding carboxylic acids is 1. The van der Waals surface area contributed by atoms with E-state index in [2.05, 4.69) is 27.2 Å². The highest BCUT2D eigenvalue weighted by Crippen LogP contribution is 2.27. The Morgan fingerprint density at radius 2 is 1.92 bits per heavy atom. The zero-order valence-corrected chi connectivity index (χ0v) is 18.7. The summed E-state index contributed by atoms with van der Waals surface area (Å²) in [6, 6.07) is 7.55. The lowest BCUT2D eigenvalue weighted by Gasteiger charge is -2.17. The van der Waals surface area contributed by atoms with E-state index in [1.54, 1.807) is 38.4 Å². The highest BCUT2D eigenvalue weighted by atomic mass is 127. The van der Waals surface area contributed by atoms with Gasteiger partial charge >= 0.3 is 0 Å². The van der Waals surface area contributed by atoms with Crippen molar-refractivity contribution in [2.45, 2.75) is 30.6 Å². The Balaban J connectivity index is 0.00000338. The molecule has 0 saturated heterocycles. The number of guanidine groups is 1. The second-order valence-electron chi connectivity index (χ2n) is 6.00. The molecule has 1 amide bonds. The normalized spacial score (nSPS) is 19.4. The molecule has 1 aromatic carbocycles. The number of amides is 1. The Morgan fingerprint density at radius 3 is 2.50 bits per heavy atom. The molecule has 2 rings (SSSR count). The summed E-state index contributed by atoms with van der Waals surface area (Å²) in [6.45, 7) is 1.16. The highest BCUT2D eigenvalue weighted by Gasteiger charge is 2.24. The fourth-order valence-electron chi connectivity index (χ4n) is 2.87. The van der Waals surface area contributed by atoms with Gasteiger partial charge < -0.3 is 20.7 Å². The lowest BCUT2D eigenvalue weighted by Crippen LogP contribution is -2.45. The molecule has 0 radical (unpaired) electrons. The Morgan fingerprint density at radius 1 is 1.23 bits per heavy atom. The van der Waals surface area contributed by atoms with E-state index in [0.29, 0.717) is 24.7 Å². The standard InChI is InChI=1S/C18H28N4O2S.HI/c1-19-18(22-14-6-9-16(12-14)25-3)21-11-10-20-17(23)13-4-7-15(24-2)8-5-13;/h4-5,7-8,14,16H,6,9-12H2,1-3H3,(H,20,23)(H2,19,21,22);1H. The number of nitrogens with one attached hydrogen (secondary N) is 3. The number of hydrogen-bond donors (Lipinski definition) is 3. The molecule has 0 aromatic heterocycles. The SMILES string of the molecule is CN=C(NCCNC(=O)c1ccc(OC)cc1)NC1CCC(SC)C1.I. The van der Waals surface area contributed by atoms with Crippen LogP contribution in [0.4, 0.5) is 0 Å². The Bertz CT molecular complexity index is 583. The molecule has 1 saturated carbocycles. The first-order chi connectivity index (χ1) is 12.2. The van der Waals surface area contributed by atoms with Crippen molar-refractivity contribution in [2.75, 3.05) is 33.5 Å². The third-order valence-electron chi connectivity index (χ3n) is 4.34. The minimum Gasteiger partial charge on any atom is -0.497 e. The third-order valence-corrected chi connectivity index (χ3v) is 5.43. The van der Waals surface area contributed by atoms with Crippen molar-refractivity contribution < 1.29 is 9.53 Å². The summed E-state index contributed by atoms with van der Waals surface area (Å²) in [7, 11) is 3.38. The number of thioether (sulfide) groups is 1. The number of methoxy groups -OCH3 is 1. The van der Waals surface area contributed by atoms with Crippen molar-refractivity contribution >= 4 is 47.6 Å². The van der Waals surface area contributed by atoms with Crippen LogP contribution in [0.2, 0.25) is 0 Å². The molecule has 8 heteroatoms. The van der Waals surface area contributed by atoms with Crippen LogP contribution < -0.4 is 20.7 Å². The monoisotopic (exact) mass is 492 g/mol. The molecule has 1 aliphatic carbocycles. The number of rotatable bonds is 7. The van der Waals surface area contributed by atoms with Crippen LogP contribution in [-0.2, 0) is 0 Å². The quantitative estimate of drug-likeness (QED) is 0.236. The van der Waals surface area contributed by atoms with Crippen LogP contribution in [0.1, 0.15) is 29.6 Å². The number of halogens is 1. The molecular formula is C18H29IN4O2S. The number of ether oxygens (including phenoxy) is 1. The molecule has 3 N–H and O–H groups in total. The predicted molar refractivity (Wildman–Crippen MR) is 120 cm³/mol. The maximum absolute atomic E-state index is 12.1. The molecule has 0 spiro atoms. The molecule has 6 nitrogen and oxygen atoms in total. The lowest BCUT2D eigenvalue weighted by molar-refractivity contribution is 0.0954. The molecule has 2 atom stereocenters. The average molecular weight is 492 g/mol. The van der Waals surface area contributed by atoms with Gasteiger partial charge in [0, 0.05) is 37.0 Å². The summed E-state index contributed by atoms with van der Waals surface area (Å²) in [5, 5.41) is 10.4. The number of carbonyl (C=O) groups is 1. The third kappa shape index (κ3) is 7.22. The molecule has 0 bridgehead atoms. The van der Waals surface area contributed by atoms with Gasteiger partial charge in [-0.3, -0.25) is 9.79 Å². The van der Waals surface area contributed by atoms with Crippen LogP contribution in [0.25, 0.3) is 0 Å². The van der Waals surface area contributed by atoms with E-state index >= 15 is 0 Å². The molecular weight excluding hydrogens is 463 g/mol. The van der Waals surface area contributed by atoms with Crippen LogP contribution in [0.15, 0.2) is 29.3 Å². The van der Waals surface area contributed by atoms with Crippen molar-refractivity contribution in [1.82, 2.24) is 16.0 Å². The molecule has 0 aliphatic heterocycles. The number of benzene rings is 1. The van der Waals surface area contributed by atoms with Crippen LogP contribution >= 0.6 is 35.7 Å². The fourth-order valence-corrected chi connectivity index (χ4v) is 3.67. The van der Waals surface area contributed by atoms with Gasteiger partial charge in [-0.25, -0.2) is 0 Å². The summed E-state index contributed by atoms with van der Waals surface area (Å²) in [5.74, 6) is 1.44. The fraction of sp³-hybridized carbons (Fsp3) is 0.556. The van der Waals surface area contributed by atoms with Crippen LogP contribution in [-0.4, -0.2) is 56.7 Å². The van der Waals surface area contributed by atoms with Gasteiger partial charge in [0.2, 0.25) is 0 Å². The lowest BCUT2D eigenvalue weighted by atomic mass is 10.2. The maximum Gasteiger partial charge on any atom is 0.251 e. The van der Waals surface area contributed by atoms with Gasteiger partial charge in [-0.2, -0.15) is 11.8 Å². The van der Waals surface area contributed by atoms with Gasteiger partial charge in [-0.1, -0.05) is 0 Å². The maximum atomic E-state index is 12.1. The van der Waals surface area contributed by atoms with E-state index in [4.69, 9.17) is 4.74 Å². The van der Waals surface area contributed by atoms with E-state index in [9.17, 15) is 4.79 Å². The minimum absolute atomic E-state index is 0. The number of hydrogen-bond acceptors (Lipinski definition) is 4. The van der Waals surface area contributed by atoms with Gasteiger partial charge in [0.1, 0.15) is 5.75 Å². The van der Waals surface area contributed by atoms with Crippen molar-refractivity contribution in [2.24, 2.45) is 4.99 Å². The van der Waals surface area contributed by atoms with Crippen LogP contribution in [0.5, 0.6) is 5.75 Å². The first kappa shape index (κ1) is 22.9. The second-order valence-corrected chi connectivity index (χ2v) is 7.13. The summed E-state index contributed by atoms with van der Waals surface area (Å²) >= 11 is 1.94. The Hall–Kier alpha value is -1.16. The second kappa shape index (κ2) is 12.3.